The van der Waals surface area contributed by atoms with Crippen molar-refractivity contribution < 1.29 is 24.2 Å². The summed E-state index contributed by atoms with van der Waals surface area (Å²) in [6, 6.07) is 1.58. The second kappa shape index (κ2) is 6.80. The highest BCUT2D eigenvalue weighted by molar-refractivity contribution is 5.92. The van der Waals surface area contributed by atoms with E-state index in [0.717, 1.165) is 0 Å². The lowest BCUT2D eigenvalue weighted by molar-refractivity contribution is -0.136. The molecule has 0 spiro atoms. The average Bonchev–Trinajstić information content (AvgIpc) is 2.69. The van der Waals surface area contributed by atoms with Gasteiger partial charge in [0.15, 0.2) is 0 Å². The maximum absolute atomic E-state index is 11.7. The first-order valence-electron chi connectivity index (χ1n) is 5.66. The van der Waals surface area contributed by atoms with E-state index in [-0.39, 0.29) is 13.0 Å². The molecule has 0 saturated heterocycles. The summed E-state index contributed by atoms with van der Waals surface area (Å²) in [4.78, 5) is 22.5. The SMILES string of the molecule is CCOC(=O)c1ccn(CCOC)c1CC(=O)O. The summed E-state index contributed by atoms with van der Waals surface area (Å²) >= 11 is 0. The van der Waals surface area contributed by atoms with Crippen molar-refractivity contribution in [1.29, 1.82) is 0 Å². The number of aromatic nitrogens is 1. The minimum atomic E-state index is -0.988. The minimum absolute atomic E-state index is 0.217. The molecule has 0 saturated carbocycles. The van der Waals surface area contributed by atoms with Crippen LogP contribution in [0.15, 0.2) is 12.3 Å². The molecule has 0 aliphatic rings. The number of aliphatic carboxylic acids is 1. The Morgan fingerprint density at radius 2 is 2.17 bits per heavy atom. The number of rotatable bonds is 7. The Morgan fingerprint density at radius 3 is 2.72 bits per heavy atom. The van der Waals surface area contributed by atoms with Gasteiger partial charge in [-0.1, -0.05) is 0 Å². The van der Waals surface area contributed by atoms with Crippen LogP contribution in [0.2, 0.25) is 0 Å². The van der Waals surface area contributed by atoms with Crippen molar-refractivity contribution in [3.63, 3.8) is 0 Å². The normalized spacial score (nSPS) is 10.3. The van der Waals surface area contributed by atoms with Gasteiger partial charge in [0, 0.05) is 25.5 Å². The molecule has 6 nitrogen and oxygen atoms in total. The van der Waals surface area contributed by atoms with Crippen LogP contribution in [0.5, 0.6) is 0 Å². The van der Waals surface area contributed by atoms with E-state index >= 15 is 0 Å². The smallest absolute Gasteiger partial charge is 0.339 e. The summed E-state index contributed by atoms with van der Waals surface area (Å²) in [5.74, 6) is -1.48. The van der Waals surface area contributed by atoms with Crippen molar-refractivity contribution in [3.8, 4) is 0 Å². The molecule has 0 atom stereocenters. The monoisotopic (exact) mass is 255 g/mol. The Morgan fingerprint density at radius 1 is 1.44 bits per heavy atom. The molecular weight excluding hydrogens is 238 g/mol. The van der Waals surface area contributed by atoms with E-state index < -0.39 is 11.9 Å². The van der Waals surface area contributed by atoms with Crippen molar-refractivity contribution >= 4 is 11.9 Å². The zero-order valence-electron chi connectivity index (χ0n) is 10.5. The molecule has 1 N–H and O–H groups in total. The van der Waals surface area contributed by atoms with Gasteiger partial charge in [-0.15, -0.1) is 0 Å². The zero-order valence-corrected chi connectivity index (χ0v) is 10.5. The van der Waals surface area contributed by atoms with E-state index in [9.17, 15) is 9.59 Å². The third-order valence-electron chi connectivity index (χ3n) is 2.43. The molecule has 0 aromatic carbocycles. The predicted octanol–water partition coefficient (Wildman–Crippen LogP) is 0.938. The molecule has 100 valence electrons. The van der Waals surface area contributed by atoms with Crippen molar-refractivity contribution in [2.45, 2.75) is 19.9 Å². The Balaban J connectivity index is 2.98. The van der Waals surface area contributed by atoms with Crippen LogP contribution in [-0.4, -0.2) is 41.9 Å². The van der Waals surface area contributed by atoms with Gasteiger partial charge < -0.3 is 19.1 Å². The van der Waals surface area contributed by atoms with E-state index in [0.29, 0.717) is 24.4 Å². The molecule has 1 aromatic rings. The van der Waals surface area contributed by atoms with Gasteiger partial charge in [-0.3, -0.25) is 4.79 Å². The topological polar surface area (TPSA) is 77.8 Å². The summed E-state index contributed by atoms with van der Waals surface area (Å²) in [6.07, 6.45) is 1.45. The van der Waals surface area contributed by atoms with Crippen LogP contribution >= 0.6 is 0 Å². The van der Waals surface area contributed by atoms with E-state index in [1.54, 1.807) is 30.9 Å². The van der Waals surface area contributed by atoms with Crippen molar-refractivity contribution in [2.75, 3.05) is 20.3 Å². The van der Waals surface area contributed by atoms with Gasteiger partial charge >= 0.3 is 11.9 Å². The summed E-state index contributed by atoms with van der Waals surface area (Å²) in [6.45, 7) is 2.91. The number of nitrogens with zero attached hydrogens (tertiary/aromatic N) is 1. The number of carbonyl (C=O) groups excluding carboxylic acids is 1. The van der Waals surface area contributed by atoms with Crippen LogP contribution in [-0.2, 0) is 27.2 Å². The summed E-state index contributed by atoms with van der Waals surface area (Å²) in [7, 11) is 1.56. The van der Waals surface area contributed by atoms with Crippen LogP contribution in [0.3, 0.4) is 0 Å². The fourth-order valence-corrected chi connectivity index (χ4v) is 1.64. The van der Waals surface area contributed by atoms with Gasteiger partial charge in [0.1, 0.15) is 0 Å². The highest BCUT2D eigenvalue weighted by Crippen LogP contribution is 2.14. The number of esters is 1. The fourth-order valence-electron chi connectivity index (χ4n) is 1.64. The summed E-state index contributed by atoms with van der Waals surface area (Å²) in [5.41, 5.74) is 0.744. The van der Waals surface area contributed by atoms with Crippen LogP contribution in [0.4, 0.5) is 0 Å². The molecule has 0 bridgehead atoms. The van der Waals surface area contributed by atoms with Gasteiger partial charge in [0.05, 0.1) is 25.2 Å². The molecular formula is C12H17NO5. The highest BCUT2D eigenvalue weighted by Gasteiger charge is 2.18. The zero-order chi connectivity index (χ0) is 13.5. The van der Waals surface area contributed by atoms with Crippen molar-refractivity contribution in [3.05, 3.63) is 23.5 Å². The third kappa shape index (κ3) is 3.59. The lowest BCUT2D eigenvalue weighted by atomic mass is 10.2. The average molecular weight is 255 g/mol. The van der Waals surface area contributed by atoms with Gasteiger partial charge in [-0.25, -0.2) is 4.79 Å². The summed E-state index contributed by atoms with van der Waals surface area (Å²) in [5, 5.41) is 8.87. The molecule has 0 amide bonds. The highest BCUT2D eigenvalue weighted by atomic mass is 16.5. The van der Waals surface area contributed by atoms with Gasteiger partial charge in [-0.05, 0) is 13.0 Å². The molecule has 0 unspecified atom stereocenters. The van der Waals surface area contributed by atoms with E-state index in [4.69, 9.17) is 14.6 Å². The largest absolute Gasteiger partial charge is 0.481 e. The van der Waals surface area contributed by atoms with Crippen molar-refractivity contribution in [1.82, 2.24) is 4.57 Å². The Kier molecular flexibility index (Phi) is 5.38. The van der Waals surface area contributed by atoms with Crippen LogP contribution in [0.1, 0.15) is 23.0 Å². The first kappa shape index (κ1) is 14.2. The van der Waals surface area contributed by atoms with E-state index in [2.05, 4.69) is 0 Å². The maximum Gasteiger partial charge on any atom is 0.339 e. The maximum atomic E-state index is 11.7. The number of ether oxygens (including phenoxy) is 2. The number of hydrogen-bond acceptors (Lipinski definition) is 4. The molecule has 0 fully saturated rings. The van der Waals surface area contributed by atoms with Crippen LogP contribution < -0.4 is 0 Å². The minimum Gasteiger partial charge on any atom is -0.481 e. The number of methoxy groups -OCH3 is 1. The quantitative estimate of drug-likeness (QED) is 0.733. The molecule has 0 aliphatic heterocycles. The molecule has 0 radical (unpaired) electrons. The predicted molar refractivity (Wildman–Crippen MR) is 63.6 cm³/mol. The number of carboxylic acid groups (broad SMARTS) is 1. The molecule has 18 heavy (non-hydrogen) atoms. The number of carbonyl (C=O) groups is 2. The molecule has 6 heteroatoms. The standard InChI is InChI=1S/C12H17NO5/c1-3-18-12(16)9-4-5-13(6-7-17-2)10(9)8-11(14)15/h4-5H,3,6-8H2,1-2H3,(H,14,15). The Bertz CT molecular complexity index is 424. The first-order chi connectivity index (χ1) is 8.60. The lowest BCUT2D eigenvalue weighted by Crippen LogP contribution is -2.15. The second-order valence-electron chi connectivity index (χ2n) is 3.65. The lowest BCUT2D eigenvalue weighted by Gasteiger charge is -2.09. The molecule has 1 heterocycles. The van der Waals surface area contributed by atoms with Gasteiger partial charge in [0.25, 0.3) is 0 Å². The van der Waals surface area contributed by atoms with Gasteiger partial charge in [-0.2, -0.15) is 0 Å². The van der Waals surface area contributed by atoms with E-state index in [1.165, 1.54) is 0 Å². The second-order valence-corrected chi connectivity index (χ2v) is 3.65. The van der Waals surface area contributed by atoms with Crippen LogP contribution in [0.25, 0.3) is 0 Å². The molecule has 1 aromatic heterocycles. The van der Waals surface area contributed by atoms with Crippen LogP contribution in [0, 0.1) is 0 Å². The van der Waals surface area contributed by atoms with Crippen molar-refractivity contribution in [2.24, 2.45) is 0 Å². The van der Waals surface area contributed by atoms with E-state index in [1.807, 2.05) is 0 Å². The molecule has 0 aliphatic carbocycles. The molecule has 1 rings (SSSR count). The van der Waals surface area contributed by atoms with Gasteiger partial charge in [0.2, 0.25) is 0 Å². The third-order valence-corrected chi connectivity index (χ3v) is 2.43. The Hall–Kier alpha value is -1.82. The fraction of sp³-hybridized carbons (Fsp3) is 0.500. The number of carboxylic acids is 1. The first-order valence-corrected chi connectivity index (χ1v) is 5.66. The number of hydrogen-bond donors (Lipinski definition) is 1. The Labute approximate surface area is 105 Å². The summed E-state index contributed by atoms with van der Waals surface area (Å²) < 4.78 is 11.5.